The molecule has 5 rings (SSSR count). The molecule has 10 nitrogen and oxygen atoms in total. The highest BCUT2D eigenvalue weighted by Gasteiger charge is 2.41. The molecule has 1 aromatic heterocycles. The molecule has 11 heteroatoms. The van der Waals surface area contributed by atoms with Crippen LogP contribution in [0.25, 0.3) is 11.3 Å². The molecular weight excluding hydrogens is 566 g/mol. The third kappa shape index (κ3) is 7.00. The Morgan fingerprint density at radius 3 is 2.42 bits per heavy atom. The molecule has 0 radical (unpaired) electrons. The van der Waals surface area contributed by atoms with Crippen LogP contribution in [0.5, 0.6) is 5.88 Å². The van der Waals surface area contributed by atoms with Gasteiger partial charge in [0.15, 0.2) is 0 Å². The number of carbonyl (C=O) groups is 1. The summed E-state index contributed by atoms with van der Waals surface area (Å²) in [7, 11) is -4.13. The van der Waals surface area contributed by atoms with E-state index in [0.717, 1.165) is 16.7 Å². The molecule has 1 unspecified atom stereocenters. The molecule has 0 spiro atoms. The zero-order valence-electron chi connectivity index (χ0n) is 25.6. The summed E-state index contributed by atoms with van der Waals surface area (Å²) in [6, 6.07) is 13.3. The van der Waals surface area contributed by atoms with E-state index < -0.39 is 16.3 Å². The Bertz CT molecular complexity index is 1590. The van der Waals surface area contributed by atoms with Crippen molar-refractivity contribution in [2.24, 2.45) is 5.41 Å². The maximum atomic E-state index is 14.2. The molecule has 230 valence electrons. The van der Waals surface area contributed by atoms with Crippen molar-refractivity contribution >= 4 is 21.9 Å². The van der Waals surface area contributed by atoms with Gasteiger partial charge in [-0.3, -0.25) is 10.1 Å². The monoisotopic (exact) mass is 607 g/mol. The molecule has 2 heterocycles. The topological polar surface area (TPSA) is 134 Å². The smallest absolute Gasteiger partial charge is 0.264 e. The van der Waals surface area contributed by atoms with Crippen molar-refractivity contribution in [2.45, 2.75) is 90.1 Å². The third-order valence-corrected chi connectivity index (χ3v) is 9.27. The summed E-state index contributed by atoms with van der Waals surface area (Å²) in [5.74, 6) is -0.157. The van der Waals surface area contributed by atoms with Crippen LogP contribution >= 0.6 is 0 Å². The number of nitrogens with one attached hydrogen (secondary N) is 2. The second-order valence-corrected chi connectivity index (χ2v) is 14.6. The number of ether oxygens (including phenoxy) is 1. The first-order valence-electron chi connectivity index (χ1n) is 14.7. The molecule has 2 aromatic carbocycles. The van der Waals surface area contributed by atoms with E-state index in [1.165, 1.54) is 12.1 Å². The molecule has 3 N–H and O–H groups in total. The van der Waals surface area contributed by atoms with Crippen molar-refractivity contribution in [1.82, 2.24) is 20.2 Å². The largest absolute Gasteiger partial charge is 0.475 e. The number of aliphatic hydroxyl groups is 1. The standard InChI is InChI=1S/C32H41N5O5S/c1-19-9-7-10-20(2)29(19)27-16-28-35-31(34-27)36-43(40,41)26-12-8-11-22(13-26)30(39)37(24-14-23(15-24)33-21(3)38)25(18-42-28)17-32(4,5)6/h7-13,16,21,23-25,33,38H,14-15,17-18H2,1-6H3,(H,34,35,36)/t21?,23-,24+,25-/m1/s1. The molecule has 1 aliphatic heterocycles. The molecule has 2 aliphatic rings. The number of aliphatic hydroxyl groups excluding tert-OH is 1. The van der Waals surface area contributed by atoms with Gasteiger partial charge in [-0.15, -0.1) is 0 Å². The average Bonchev–Trinajstić information content (AvgIpc) is 2.88. The van der Waals surface area contributed by atoms with Gasteiger partial charge in [0.05, 0.1) is 16.6 Å². The van der Waals surface area contributed by atoms with Crippen LogP contribution < -0.4 is 14.8 Å². The Hall–Kier alpha value is -3.54. The number of rotatable bonds is 5. The number of aromatic nitrogens is 2. The van der Waals surface area contributed by atoms with E-state index in [4.69, 9.17) is 4.74 Å². The van der Waals surface area contributed by atoms with Crippen molar-refractivity contribution in [2.75, 3.05) is 11.3 Å². The van der Waals surface area contributed by atoms with Crippen LogP contribution in [0.1, 0.15) is 68.4 Å². The molecular formula is C32H41N5O5S. The van der Waals surface area contributed by atoms with Gasteiger partial charge in [0.1, 0.15) is 12.8 Å². The summed E-state index contributed by atoms with van der Waals surface area (Å²) in [6.45, 7) is 12.1. The zero-order valence-corrected chi connectivity index (χ0v) is 26.4. The van der Waals surface area contributed by atoms with Crippen LogP contribution in [0.3, 0.4) is 0 Å². The van der Waals surface area contributed by atoms with Gasteiger partial charge in [0.25, 0.3) is 15.9 Å². The molecule has 4 bridgehead atoms. The Balaban J connectivity index is 1.63. The quantitative estimate of drug-likeness (QED) is 0.357. The van der Waals surface area contributed by atoms with Crippen LogP contribution in [0.4, 0.5) is 5.95 Å². The maximum absolute atomic E-state index is 14.2. The Kier molecular flexibility index (Phi) is 8.52. The molecule has 3 aromatic rings. The van der Waals surface area contributed by atoms with Gasteiger partial charge in [0.2, 0.25) is 11.8 Å². The SMILES string of the molecule is Cc1cccc(C)c1-c1cc2nc(n1)NS(=O)(=O)c1cccc(c1)C(=O)N([C@H]1C[C@@H](NC(C)O)C1)[C@H](CC(C)(C)C)CO2. The number of hydrogen-bond acceptors (Lipinski definition) is 8. The summed E-state index contributed by atoms with van der Waals surface area (Å²) < 4.78 is 36.0. The molecule has 1 amide bonds. The number of anilines is 1. The summed E-state index contributed by atoms with van der Waals surface area (Å²) >= 11 is 0. The molecule has 0 saturated heterocycles. The van der Waals surface area contributed by atoms with Crippen molar-refractivity contribution in [3.05, 3.63) is 65.2 Å². The average molecular weight is 608 g/mol. The minimum Gasteiger partial charge on any atom is -0.475 e. The Morgan fingerprint density at radius 2 is 1.77 bits per heavy atom. The van der Waals surface area contributed by atoms with Gasteiger partial charge in [-0.1, -0.05) is 45.0 Å². The lowest BCUT2D eigenvalue weighted by Crippen LogP contribution is -2.60. The normalized spacial score (nSPS) is 22.6. The highest BCUT2D eigenvalue weighted by Crippen LogP contribution is 2.35. The fourth-order valence-electron chi connectivity index (χ4n) is 6.06. The number of hydrogen-bond donors (Lipinski definition) is 3. The molecule has 2 atom stereocenters. The summed E-state index contributed by atoms with van der Waals surface area (Å²) in [6.07, 6.45) is 1.30. The second-order valence-electron chi connectivity index (χ2n) is 12.9. The van der Waals surface area contributed by atoms with Gasteiger partial charge in [-0.05, 0) is 74.8 Å². The van der Waals surface area contributed by atoms with E-state index in [1.54, 1.807) is 25.1 Å². The van der Waals surface area contributed by atoms with E-state index >= 15 is 0 Å². The predicted octanol–water partition coefficient (Wildman–Crippen LogP) is 4.66. The van der Waals surface area contributed by atoms with E-state index in [-0.39, 0.29) is 58.3 Å². The van der Waals surface area contributed by atoms with Crippen LogP contribution in [0.2, 0.25) is 0 Å². The number of sulfonamides is 1. The minimum absolute atomic E-state index is 0.0595. The van der Waals surface area contributed by atoms with Gasteiger partial charge in [-0.2, -0.15) is 4.98 Å². The van der Waals surface area contributed by atoms with E-state index in [1.807, 2.05) is 36.9 Å². The highest BCUT2D eigenvalue weighted by molar-refractivity contribution is 7.92. The van der Waals surface area contributed by atoms with Crippen molar-refractivity contribution < 1.29 is 23.1 Å². The second kappa shape index (κ2) is 11.9. The van der Waals surface area contributed by atoms with E-state index in [2.05, 4.69) is 40.8 Å². The third-order valence-electron chi connectivity index (χ3n) is 7.94. The Morgan fingerprint density at radius 1 is 1.09 bits per heavy atom. The maximum Gasteiger partial charge on any atom is 0.264 e. The number of amides is 1. The van der Waals surface area contributed by atoms with E-state index in [0.29, 0.717) is 25.0 Å². The van der Waals surface area contributed by atoms with Crippen LogP contribution in [0, 0.1) is 19.3 Å². The van der Waals surface area contributed by atoms with Gasteiger partial charge >= 0.3 is 0 Å². The first-order valence-corrected chi connectivity index (χ1v) is 16.2. The number of fused-ring (bicyclic) bond motifs is 4. The summed E-state index contributed by atoms with van der Waals surface area (Å²) in [5.41, 5.74) is 3.50. The van der Waals surface area contributed by atoms with Crippen LogP contribution in [0.15, 0.2) is 53.4 Å². The first kappa shape index (κ1) is 30.9. The lowest BCUT2D eigenvalue weighted by Gasteiger charge is -2.48. The van der Waals surface area contributed by atoms with Gasteiger partial charge < -0.3 is 14.7 Å². The van der Waals surface area contributed by atoms with Crippen molar-refractivity contribution in [1.29, 1.82) is 0 Å². The zero-order chi connectivity index (χ0) is 31.1. The molecule has 1 fully saturated rings. The van der Waals surface area contributed by atoms with Crippen molar-refractivity contribution in [3.8, 4) is 17.1 Å². The minimum atomic E-state index is -4.13. The van der Waals surface area contributed by atoms with Crippen LogP contribution in [-0.4, -0.2) is 65.3 Å². The molecule has 1 saturated carbocycles. The number of nitrogens with zero attached hydrogens (tertiary/aromatic N) is 3. The Labute approximate surface area is 254 Å². The highest BCUT2D eigenvalue weighted by atomic mass is 32.2. The number of carbonyl (C=O) groups excluding carboxylic acids is 1. The predicted molar refractivity (Wildman–Crippen MR) is 165 cm³/mol. The van der Waals surface area contributed by atoms with E-state index in [9.17, 15) is 18.3 Å². The molecule has 43 heavy (non-hydrogen) atoms. The molecule has 1 aliphatic carbocycles. The fourth-order valence-corrected chi connectivity index (χ4v) is 7.05. The lowest BCUT2D eigenvalue weighted by molar-refractivity contribution is 0.00866. The lowest BCUT2D eigenvalue weighted by atomic mass is 9.81. The van der Waals surface area contributed by atoms with Crippen molar-refractivity contribution in [3.63, 3.8) is 0 Å². The first-order chi connectivity index (χ1) is 20.2. The van der Waals surface area contributed by atoms with Gasteiger partial charge in [-0.25, -0.2) is 18.1 Å². The number of aryl methyl sites for hydroxylation is 2. The fraction of sp³-hybridized carbons (Fsp3) is 0.469. The number of benzene rings is 2. The van der Waals surface area contributed by atoms with Gasteiger partial charge in [0, 0.05) is 29.3 Å². The summed E-state index contributed by atoms with van der Waals surface area (Å²) in [5, 5.41) is 13.0. The van der Waals surface area contributed by atoms with Crippen LogP contribution in [-0.2, 0) is 10.0 Å². The summed E-state index contributed by atoms with van der Waals surface area (Å²) in [4.78, 5) is 25.1.